The Morgan fingerprint density at radius 3 is 2.04 bits per heavy atom. The second kappa shape index (κ2) is 6.00. The summed E-state index contributed by atoms with van der Waals surface area (Å²) in [5.41, 5.74) is -0.780. The Morgan fingerprint density at radius 2 is 1.65 bits per heavy atom. The third-order valence-electron chi connectivity index (χ3n) is 5.20. The van der Waals surface area contributed by atoms with Crippen LogP contribution in [0.4, 0.5) is 0 Å². The van der Waals surface area contributed by atoms with Crippen LogP contribution in [-0.4, -0.2) is 50.2 Å². The van der Waals surface area contributed by atoms with Crippen LogP contribution in [-0.2, 0) is 24.9 Å². The van der Waals surface area contributed by atoms with E-state index in [0.29, 0.717) is 34.9 Å². The highest BCUT2D eigenvalue weighted by Crippen LogP contribution is 2.55. The molecular formula is C14H25NO6S2. The molecule has 0 aromatic rings. The minimum atomic E-state index is -4.34. The SMILES string of the molecule is CC1CC2CC(C)(C(=O)N(CCS(=O)(=O)O)S(C)(=O)=O)CC2C1. The third kappa shape index (κ3) is 4.24. The quantitative estimate of drug-likeness (QED) is 0.730. The van der Waals surface area contributed by atoms with Gasteiger partial charge in [-0.05, 0) is 43.4 Å². The number of sulfonamides is 1. The van der Waals surface area contributed by atoms with Gasteiger partial charge in [0, 0.05) is 5.41 Å². The second-order valence-corrected chi connectivity index (χ2v) is 11.0. The molecule has 23 heavy (non-hydrogen) atoms. The normalized spacial score (nSPS) is 34.3. The Balaban J connectivity index is 2.18. The molecule has 0 aromatic heterocycles. The molecule has 0 saturated heterocycles. The van der Waals surface area contributed by atoms with Crippen LogP contribution in [0.3, 0.4) is 0 Å². The van der Waals surface area contributed by atoms with Crippen LogP contribution in [0.1, 0.15) is 39.5 Å². The first-order chi connectivity index (χ1) is 10.3. The summed E-state index contributed by atoms with van der Waals surface area (Å²) >= 11 is 0. The average Bonchev–Trinajstić information content (AvgIpc) is 2.79. The number of amides is 1. The van der Waals surface area contributed by atoms with Crippen LogP contribution in [0.15, 0.2) is 0 Å². The molecule has 0 aliphatic heterocycles. The predicted octanol–water partition coefficient (Wildman–Crippen LogP) is 1.12. The number of nitrogens with zero attached hydrogens (tertiary/aromatic N) is 1. The Bertz CT molecular complexity index is 670. The summed E-state index contributed by atoms with van der Waals surface area (Å²) in [5, 5.41) is 0. The lowest BCUT2D eigenvalue weighted by Gasteiger charge is -2.31. The maximum atomic E-state index is 12.8. The number of hydrogen-bond donors (Lipinski definition) is 1. The van der Waals surface area contributed by atoms with Gasteiger partial charge in [-0.2, -0.15) is 8.42 Å². The van der Waals surface area contributed by atoms with Crippen molar-refractivity contribution in [1.29, 1.82) is 0 Å². The van der Waals surface area contributed by atoms with Crippen molar-refractivity contribution >= 4 is 26.0 Å². The molecule has 2 unspecified atom stereocenters. The van der Waals surface area contributed by atoms with E-state index < -0.39 is 43.8 Å². The highest BCUT2D eigenvalue weighted by atomic mass is 32.2. The molecule has 2 aliphatic rings. The van der Waals surface area contributed by atoms with Crippen molar-refractivity contribution in [3.63, 3.8) is 0 Å². The maximum Gasteiger partial charge on any atom is 0.266 e. The van der Waals surface area contributed by atoms with Crippen molar-refractivity contribution in [2.24, 2.45) is 23.2 Å². The topological polar surface area (TPSA) is 109 Å². The van der Waals surface area contributed by atoms with Gasteiger partial charge in [-0.3, -0.25) is 9.35 Å². The fourth-order valence-corrected chi connectivity index (χ4v) is 5.82. The van der Waals surface area contributed by atoms with E-state index in [-0.39, 0.29) is 0 Å². The standard InChI is InChI=1S/C14H25NO6S2/c1-10-6-11-8-14(2,9-12(11)7-10)13(16)15(22(3,17)18)4-5-23(19,20)21/h10-12H,4-9H2,1-3H3,(H,19,20,21). The molecule has 0 heterocycles. The highest BCUT2D eigenvalue weighted by molar-refractivity contribution is 7.89. The van der Waals surface area contributed by atoms with Gasteiger partial charge in [0.15, 0.2) is 0 Å². The van der Waals surface area contributed by atoms with E-state index >= 15 is 0 Å². The van der Waals surface area contributed by atoms with Crippen molar-refractivity contribution in [2.45, 2.75) is 39.5 Å². The lowest BCUT2D eigenvalue weighted by molar-refractivity contribution is -0.136. The number of rotatable bonds is 5. The largest absolute Gasteiger partial charge is 0.285 e. The van der Waals surface area contributed by atoms with Gasteiger partial charge in [0.05, 0.1) is 18.6 Å². The lowest BCUT2D eigenvalue weighted by atomic mass is 9.84. The fraction of sp³-hybridized carbons (Fsp3) is 0.929. The summed E-state index contributed by atoms with van der Waals surface area (Å²) in [5.74, 6) is 0.163. The van der Waals surface area contributed by atoms with Crippen LogP contribution < -0.4 is 0 Å². The van der Waals surface area contributed by atoms with E-state index in [1.807, 2.05) is 0 Å². The molecule has 2 fully saturated rings. The molecule has 2 saturated carbocycles. The van der Waals surface area contributed by atoms with Gasteiger partial charge in [-0.1, -0.05) is 13.8 Å². The minimum absolute atomic E-state index is 0.432. The van der Waals surface area contributed by atoms with E-state index in [1.165, 1.54) is 0 Å². The summed E-state index contributed by atoms with van der Waals surface area (Å²) < 4.78 is 55.1. The molecule has 0 radical (unpaired) electrons. The molecule has 9 heteroatoms. The Hall–Kier alpha value is -0.670. The summed E-state index contributed by atoms with van der Waals surface area (Å²) in [6, 6.07) is 0. The smallest absolute Gasteiger partial charge is 0.266 e. The van der Waals surface area contributed by atoms with Gasteiger partial charge in [0.2, 0.25) is 15.9 Å². The van der Waals surface area contributed by atoms with Crippen LogP contribution in [0.2, 0.25) is 0 Å². The number of fused-ring (bicyclic) bond motifs is 1. The second-order valence-electron chi connectivity index (χ2n) is 7.49. The van der Waals surface area contributed by atoms with Crippen molar-refractivity contribution in [3.8, 4) is 0 Å². The van der Waals surface area contributed by atoms with Crippen LogP contribution in [0, 0.1) is 23.2 Å². The average molecular weight is 367 g/mol. The summed E-state index contributed by atoms with van der Waals surface area (Å²) in [6.45, 7) is 3.41. The fourth-order valence-electron chi connectivity index (χ4n) is 4.35. The van der Waals surface area contributed by atoms with E-state index in [0.717, 1.165) is 19.1 Å². The number of carbonyl (C=O) groups is 1. The molecule has 2 rings (SSSR count). The van der Waals surface area contributed by atoms with Crippen molar-refractivity contribution in [2.75, 3.05) is 18.6 Å². The van der Waals surface area contributed by atoms with Gasteiger partial charge in [-0.25, -0.2) is 12.7 Å². The van der Waals surface area contributed by atoms with Gasteiger partial charge in [0.1, 0.15) is 0 Å². The van der Waals surface area contributed by atoms with Gasteiger partial charge in [-0.15, -0.1) is 0 Å². The molecule has 1 amide bonds. The zero-order valence-corrected chi connectivity index (χ0v) is 15.4. The summed E-state index contributed by atoms with van der Waals surface area (Å²) in [4.78, 5) is 12.8. The predicted molar refractivity (Wildman–Crippen MR) is 85.7 cm³/mol. The van der Waals surface area contributed by atoms with E-state index in [9.17, 15) is 21.6 Å². The number of carbonyl (C=O) groups excluding carboxylic acids is 1. The Morgan fingerprint density at radius 1 is 1.17 bits per heavy atom. The first kappa shape index (κ1) is 18.7. The van der Waals surface area contributed by atoms with Gasteiger partial charge in [0.25, 0.3) is 10.1 Å². The van der Waals surface area contributed by atoms with Crippen LogP contribution in [0.25, 0.3) is 0 Å². The zero-order chi connectivity index (χ0) is 17.6. The summed E-state index contributed by atoms with van der Waals surface area (Å²) in [7, 11) is -8.23. The first-order valence-electron chi connectivity index (χ1n) is 7.79. The number of hydrogen-bond acceptors (Lipinski definition) is 5. The highest BCUT2D eigenvalue weighted by Gasteiger charge is 2.52. The molecule has 7 nitrogen and oxygen atoms in total. The maximum absolute atomic E-state index is 12.8. The van der Waals surface area contributed by atoms with Crippen molar-refractivity contribution < 1.29 is 26.2 Å². The van der Waals surface area contributed by atoms with E-state index in [2.05, 4.69) is 6.92 Å². The molecule has 2 aliphatic carbocycles. The molecule has 134 valence electrons. The summed E-state index contributed by atoms with van der Waals surface area (Å²) in [6.07, 6.45) is 4.27. The van der Waals surface area contributed by atoms with Crippen molar-refractivity contribution in [1.82, 2.24) is 4.31 Å². The first-order valence-corrected chi connectivity index (χ1v) is 11.2. The van der Waals surface area contributed by atoms with Crippen molar-refractivity contribution in [3.05, 3.63) is 0 Å². The molecular weight excluding hydrogens is 342 g/mol. The Kier molecular flexibility index (Phi) is 4.87. The minimum Gasteiger partial charge on any atom is -0.285 e. The van der Waals surface area contributed by atoms with E-state index in [4.69, 9.17) is 4.55 Å². The molecule has 1 N–H and O–H groups in total. The Labute approximate surface area is 138 Å². The molecule has 2 atom stereocenters. The van der Waals surface area contributed by atoms with Crippen LogP contribution in [0.5, 0.6) is 0 Å². The third-order valence-corrected chi connectivity index (χ3v) is 7.05. The molecule has 0 aromatic carbocycles. The van der Waals surface area contributed by atoms with Gasteiger partial charge < -0.3 is 0 Å². The lowest BCUT2D eigenvalue weighted by Crippen LogP contribution is -2.46. The van der Waals surface area contributed by atoms with Crippen LogP contribution >= 0.6 is 0 Å². The van der Waals surface area contributed by atoms with E-state index in [1.54, 1.807) is 6.92 Å². The molecule has 0 bridgehead atoms. The zero-order valence-electron chi connectivity index (χ0n) is 13.7. The molecule has 0 spiro atoms. The monoisotopic (exact) mass is 367 g/mol. The van der Waals surface area contributed by atoms with Gasteiger partial charge >= 0.3 is 0 Å².